The van der Waals surface area contributed by atoms with Gasteiger partial charge in [0.25, 0.3) is 6.43 Å². The Hall–Kier alpha value is -1.16. The Balaban J connectivity index is 1.50. The van der Waals surface area contributed by atoms with E-state index in [-0.39, 0.29) is 6.17 Å². The molecule has 0 radical (unpaired) electrons. The summed E-state index contributed by atoms with van der Waals surface area (Å²) in [5, 5.41) is 12.8. The van der Waals surface area contributed by atoms with Crippen LogP contribution in [0.4, 0.5) is 8.78 Å². The van der Waals surface area contributed by atoms with Gasteiger partial charge in [-0.25, -0.2) is 8.78 Å². The second-order valence-corrected chi connectivity index (χ2v) is 5.42. The summed E-state index contributed by atoms with van der Waals surface area (Å²) in [6, 6.07) is 7.78. The maximum atomic E-state index is 12.5. The van der Waals surface area contributed by atoms with Crippen LogP contribution in [0.15, 0.2) is 24.3 Å². The zero-order chi connectivity index (χ0) is 15.4. The van der Waals surface area contributed by atoms with E-state index in [1.807, 2.05) is 24.3 Å². The van der Waals surface area contributed by atoms with Crippen molar-refractivity contribution < 1.29 is 13.6 Å². The van der Waals surface area contributed by atoms with Crippen LogP contribution < -0.4 is 26.7 Å². The van der Waals surface area contributed by atoms with Gasteiger partial charge in [0, 0.05) is 26.2 Å². The van der Waals surface area contributed by atoms with Crippen LogP contribution in [0.3, 0.4) is 0 Å². The number of rotatable bonds is 5. The topological polar surface area (TPSA) is 69.4 Å². The SMILES string of the molecule is FC(F)C1NC(c2ccc(CNC3CNCCN3)cc2)NO1. The molecule has 0 aliphatic carbocycles. The second-order valence-electron chi connectivity index (χ2n) is 5.42. The third kappa shape index (κ3) is 3.97. The van der Waals surface area contributed by atoms with E-state index in [2.05, 4.69) is 26.7 Å². The molecule has 2 aliphatic heterocycles. The van der Waals surface area contributed by atoms with Crippen molar-refractivity contribution in [3.63, 3.8) is 0 Å². The van der Waals surface area contributed by atoms with E-state index < -0.39 is 18.8 Å². The Morgan fingerprint density at radius 1 is 1.23 bits per heavy atom. The molecule has 0 bridgehead atoms. The van der Waals surface area contributed by atoms with E-state index in [9.17, 15) is 8.78 Å². The van der Waals surface area contributed by atoms with Crippen molar-refractivity contribution >= 4 is 0 Å². The lowest BCUT2D eigenvalue weighted by Crippen LogP contribution is -2.55. The van der Waals surface area contributed by atoms with Crippen LogP contribution in [0.5, 0.6) is 0 Å². The van der Waals surface area contributed by atoms with E-state index in [0.29, 0.717) is 0 Å². The van der Waals surface area contributed by atoms with Crippen molar-refractivity contribution in [1.82, 2.24) is 26.7 Å². The fourth-order valence-electron chi connectivity index (χ4n) is 2.53. The molecule has 1 aromatic carbocycles. The van der Waals surface area contributed by atoms with E-state index in [4.69, 9.17) is 4.84 Å². The molecule has 8 heteroatoms. The highest BCUT2D eigenvalue weighted by Crippen LogP contribution is 2.19. The molecule has 0 spiro atoms. The molecule has 2 fully saturated rings. The van der Waals surface area contributed by atoms with Gasteiger partial charge >= 0.3 is 0 Å². The first-order valence-electron chi connectivity index (χ1n) is 7.44. The first-order valence-corrected chi connectivity index (χ1v) is 7.44. The lowest BCUT2D eigenvalue weighted by molar-refractivity contribution is -0.0675. The standard InChI is InChI=1S/C14H21F2N5O/c15-12(16)14-20-13(21-22-14)10-3-1-9(2-4-10)7-19-11-8-17-5-6-18-11/h1-4,11-14,17-21H,5-8H2. The normalized spacial score (nSPS) is 29.1. The van der Waals surface area contributed by atoms with Crippen LogP contribution >= 0.6 is 0 Å². The number of nitrogens with one attached hydrogen (secondary N) is 5. The zero-order valence-electron chi connectivity index (χ0n) is 12.1. The van der Waals surface area contributed by atoms with Gasteiger partial charge in [0.2, 0.25) is 0 Å². The fraction of sp³-hybridized carbons (Fsp3) is 0.571. The average Bonchev–Trinajstić information content (AvgIpc) is 3.05. The molecule has 0 aromatic heterocycles. The minimum atomic E-state index is -2.56. The molecule has 22 heavy (non-hydrogen) atoms. The van der Waals surface area contributed by atoms with Crippen LogP contribution in [0.1, 0.15) is 17.3 Å². The largest absolute Gasteiger partial charge is 0.313 e. The van der Waals surface area contributed by atoms with Gasteiger partial charge in [-0.3, -0.25) is 20.8 Å². The lowest BCUT2D eigenvalue weighted by Gasteiger charge is -2.25. The minimum Gasteiger partial charge on any atom is -0.313 e. The van der Waals surface area contributed by atoms with Crippen LogP contribution in [0.25, 0.3) is 0 Å². The van der Waals surface area contributed by atoms with Gasteiger partial charge in [0.1, 0.15) is 6.17 Å². The molecule has 2 heterocycles. The monoisotopic (exact) mass is 313 g/mol. The number of hydroxylamine groups is 1. The number of hydrogen-bond donors (Lipinski definition) is 5. The van der Waals surface area contributed by atoms with Crippen LogP contribution in [0.2, 0.25) is 0 Å². The molecule has 6 nitrogen and oxygen atoms in total. The first kappa shape index (κ1) is 15.7. The molecule has 2 saturated heterocycles. The second kappa shape index (κ2) is 7.40. The van der Waals surface area contributed by atoms with Crippen molar-refractivity contribution in [3.05, 3.63) is 35.4 Å². The van der Waals surface area contributed by atoms with Gasteiger partial charge in [0.05, 0.1) is 6.17 Å². The molecular formula is C14H21F2N5O. The molecule has 0 amide bonds. The number of hydrogen-bond acceptors (Lipinski definition) is 6. The Labute approximate surface area is 127 Å². The zero-order valence-corrected chi connectivity index (χ0v) is 12.1. The van der Waals surface area contributed by atoms with Crippen molar-refractivity contribution in [1.29, 1.82) is 0 Å². The maximum Gasteiger partial charge on any atom is 0.279 e. The highest BCUT2D eigenvalue weighted by molar-refractivity contribution is 5.25. The van der Waals surface area contributed by atoms with E-state index >= 15 is 0 Å². The number of halogens is 2. The first-order chi connectivity index (χ1) is 10.7. The van der Waals surface area contributed by atoms with E-state index in [1.165, 1.54) is 0 Å². The molecule has 3 atom stereocenters. The molecule has 3 unspecified atom stereocenters. The van der Waals surface area contributed by atoms with Crippen molar-refractivity contribution in [2.24, 2.45) is 0 Å². The third-order valence-electron chi connectivity index (χ3n) is 3.78. The van der Waals surface area contributed by atoms with E-state index in [0.717, 1.165) is 37.3 Å². The highest BCUT2D eigenvalue weighted by Gasteiger charge is 2.31. The number of benzene rings is 1. The predicted octanol–water partition coefficient (Wildman–Crippen LogP) is 0.00930. The van der Waals surface area contributed by atoms with Gasteiger partial charge < -0.3 is 5.32 Å². The molecule has 0 saturated carbocycles. The number of piperazine rings is 1. The molecular weight excluding hydrogens is 292 g/mol. The average molecular weight is 313 g/mol. The Morgan fingerprint density at radius 2 is 2.05 bits per heavy atom. The van der Waals surface area contributed by atoms with Gasteiger partial charge in [-0.2, -0.15) is 5.48 Å². The Bertz CT molecular complexity index is 467. The maximum absolute atomic E-state index is 12.5. The summed E-state index contributed by atoms with van der Waals surface area (Å²) < 4.78 is 25.0. The Kier molecular flexibility index (Phi) is 5.29. The summed E-state index contributed by atoms with van der Waals surface area (Å²) in [7, 11) is 0. The molecule has 122 valence electrons. The summed E-state index contributed by atoms with van der Waals surface area (Å²) in [4.78, 5) is 4.80. The smallest absolute Gasteiger partial charge is 0.279 e. The predicted molar refractivity (Wildman–Crippen MR) is 77.8 cm³/mol. The van der Waals surface area contributed by atoms with Gasteiger partial charge in [-0.15, -0.1) is 0 Å². The highest BCUT2D eigenvalue weighted by atomic mass is 19.3. The van der Waals surface area contributed by atoms with Crippen molar-refractivity contribution in [2.45, 2.75) is 31.5 Å². The van der Waals surface area contributed by atoms with Crippen molar-refractivity contribution in [2.75, 3.05) is 19.6 Å². The van der Waals surface area contributed by atoms with Crippen LogP contribution in [-0.4, -0.2) is 38.5 Å². The lowest BCUT2D eigenvalue weighted by atomic mass is 10.1. The summed E-state index contributed by atoms with van der Waals surface area (Å²) in [5.74, 6) is 0. The van der Waals surface area contributed by atoms with E-state index in [1.54, 1.807) is 0 Å². The minimum absolute atomic E-state index is 0.270. The molecule has 1 aromatic rings. The Morgan fingerprint density at radius 3 is 2.68 bits per heavy atom. The summed E-state index contributed by atoms with van der Waals surface area (Å²) in [5.41, 5.74) is 4.59. The molecule has 3 rings (SSSR count). The molecule has 5 N–H and O–H groups in total. The quantitative estimate of drug-likeness (QED) is 0.528. The third-order valence-corrected chi connectivity index (χ3v) is 3.78. The molecule has 2 aliphatic rings. The van der Waals surface area contributed by atoms with Gasteiger partial charge in [0.15, 0.2) is 6.23 Å². The fourth-order valence-corrected chi connectivity index (χ4v) is 2.53. The van der Waals surface area contributed by atoms with Crippen molar-refractivity contribution in [3.8, 4) is 0 Å². The summed E-state index contributed by atoms with van der Waals surface area (Å²) in [6.07, 6.45) is -3.97. The van der Waals surface area contributed by atoms with Crippen LogP contribution in [0, 0.1) is 0 Å². The van der Waals surface area contributed by atoms with Gasteiger partial charge in [-0.05, 0) is 11.1 Å². The number of alkyl halides is 2. The van der Waals surface area contributed by atoms with Gasteiger partial charge in [-0.1, -0.05) is 24.3 Å². The summed E-state index contributed by atoms with van der Waals surface area (Å²) >= 11 is 0. The summed E-state index contributed by atoms with van der Waals surface area (Å²) in [6.45, 7) is 3.61. The van der Waals surface area contributed by atoms with Crippen LogP contribution in [-0.2, 0) is 11.4 Å².